The Morgan fingerprint density at radius 2 is 1.65 bits per heavy atom. The van der Waals surface area contributed by atoms with Crippen molar-refractivity contribution in [3.63, 3.8) is 0 Å². The van der Waals surface area contributed by atoms with Gasteiger partial charge in [-0.3, -0.25) is 0 Å². The summed E-state index contributed by atoms with van der Waals surface area (Å²) < 4.78 is 27.7. The molecule has 2 aromatic rings. The van der Waals surface area contributed by atoms with Crippen molar-refractivity contribution in [1.82, 2.24) is 9.62 Å². The first-order valence-electron chi connectivity index (χ1n) is 10.6. The van der Waals surface area contributed by atoms with Gasteiger partial charge < -0.3 is 15.5 Å². The van der Waals surface area contributed by atoms with E-state index in [4.69, 9.17) is 0 Å². The molecule has 0 atom stereocenters. The molecule has 0 aromatic heterocycles. The largest absolute Gasteiger partial charge is 0.369 e. The third-order valence-electron chi connectivity index (χ3n) is 5.58. The van der Waals surface area contributed by atoms with E-state index in [1.54, 1.807) is 24.3 Å². The van der Waals surface area contributed by atoms with Crippen LogP contribution in [-0.2, 0) is 10.0 Å². The molecule has 0 saturated carbocycles. The number of anilines is 2. The quantitative estimate of drug-likeness (QED) is 0.713. The Bertz CT molecular complexity index is 1010. The molecular weight excluding hydrogens is 412 g/mol. The molecule has 1 saturated heterocycles. The summed E-state index contributed by atoms with van der Waals surface area (Å²) in [4.78, 5) is 14.4. The summed E-state index contributed by atoms with van der Waals surface area (Å²) in [7, 11) is -3.57. The number of aryl methyl sites for hydroxylation is 1. The molecule has 3 rings (SSSR count). The van der Waals surface area contributed by atoms with E-state index in [2.05, 4.69) is 41.5 Å². The first kappa shape index (κ1) is 23.1. The maximum atomic E-state index is 13.1. The Labute approximate surface area is 185 Å². The van der Waals surface area contributed by atoms with E-state index >= 15 is 0 Å². The van der Waals surface area contributed by atoms with Gasteiger partial charge >= 0.3 is 6.03 Å². The molecule has 0 radical (unpaired) electrons. The van der Waals surface area contributed by atoms with E-state index in [0.29, 0.717) is 44.3 Å². The number of nitrogens with zero attached hydrogens (tertiary/aromatic N) is 2. The number of amides is 2. The first-order valence-corrected chi connectivity index (χ1v) is 12.1. The topological polar surface area (TPSA) is 81.8 Å². The highest BCUT2D eigenvalue weighted by atomic mass is 32.2. The van der Waals surface area contributed by atoms with Crippen LogP contribution in [0.15, 0.2) is 47.4 Å². The fourth-order valence-corrected chi connectivity index (χ4v) is 5.00. The van der Waals surface area contributed by atoms with Crippen LogP contribution < -0.4 is 15.5 Å². The number of sulfonamides is 1. The molecule has 1 fully saturated rings. The summed E-state index contributed by atoms with van der Waals surface area (Å²) in [5.74, 6) is 0.355. The molecule has 0 aliphatic carbocycles. The van der Waals surface area contributed by atoms with E-state index < -0.39 is 10.0 Å². The van der Waals surface area contributed by atoms with Gasteiger partial charge in [0, 0.05) is 44.1 Å². The molecule has 31 heavy (non-hydrogen) atoms. The minimum Gasteiger partial charge on any atom is -0.369 e. The number of hydrogen-bond donors (Lipinski definition) is 2. The molecule has 2 N–H and O–H groups in total. The minimum absolute atomic E-state index is 0.237. The van der Waals surface area contributed by atoms with Gasteiger partial charge in [0.05, 0.1) is 4.90 Å². The zero-order chi connectivity index (χ0) is 22.6. The normalized spacial score (nSPS) is 15.2. The second kappa shape index (κ2) is 9.70. The highest BCUT2D eigenvalue weighted by molar-refractivity contribution is 7.89. The van der Waals surface area contributed by atoms with Crippen molar-refractivity contribution >= 4 is 27.4 Å². The zero-order valence-electron chi connectivity index (χ0n) is 18.7. The summed E-state index contributed by atoms with van der Waals surface area (Å²) in [6.07, 6.45) is 0. The minimum atomic E-state index is -3.57. The maximum Gasteiger partial charge on any atom is 0.319 e. The first-order chi connectivity index (χ1) is 14.7. The third-order valence-corrected chi connectivity index (χ3v) is 7.49. The number of benzene rings is 2. The van der Waals surface area contributed by atoms with Crippen LogP contribution in [0, 0.1) is 19.8 Å². The Morgan fingerprint density at radius 3 is 2.26 bits per heavy atom. The Balaban J connectivity index is 1.62. The monoisotopic (exact) mass is 444 g/mol. The van der Waals surface area contributed by atoms with Crippen molar-refractivity contribution < 1.29 is 13.2 Å². The molecule has 0 unspecified atom stereocenters. The number of urea groups is 1. The summed E-state index contributed by atoms with van der Waals surface area (Å²) in [5, 5.41) is 5.50. The van der Waals surface area contributed by atoms with Crippen LogP contribution in [0.2, 0.25) is 0 Å². The molecule has 0 bridgehead atoms. The number of piperazine rings is 1. The lowest BCUT2D eigenvalue weighted by Gasteiger charge is -2.36. The fourth-order valence-electron chi connectivity index (χ4n) is 3.58. The number of hydrogen-bond acceptors (Lipinski definition) is 4. The SMILES string of the molecule is Cc1cccc(N2CCN(S(=O)(=O)c3ccc(NC(=O)NCC(C)C)cc3)CC2)c1C. The summed E-state index contributed by atoms with van der Waals surface area (Å²) in [6.45, 7) is 11.0. The maximum absolute atomic E-state index is 13.1. The van der Waals surface area contributed by atoms with E-state index in [9.17, 15) is 13.2 Å². The van der Waals surface area contributed by atoms with Crippen LogP contribution in [0.3, 0.4) is 0 Å². The molecule has 1 aliphatic heterocycles. The molecule has 168 valence electrons. The highest BCUT2D eigenvalue weighted by Gasteiger charge is 2.29. The summed E-state index contributed by atoms with van der Waals surface area (Å²) in [5.41, 5.74) is 4.20. The number of rotatable bonds is 6. The lowest BCUT2D eigenvalue weighted by molar-refractivity contribution is 0.251. The van der Waals surface area contributed by atoms with E-state index in [0.717, 1.165) is 0 Å². The van der Waals surface area contributed by atoms with Gasteiger partial charge in [0.25, 0.3) is 0 Å². The van der Waals surface area contributed by atoms with E-state index in [1.165, 1.54) is 21.1 Å². The predicted molar refractivity (Wildman–Crippen MR) is 125 cm³/mol. The molecule has 7 nitrogen and oxygen atoms in total. The standard InChI is InChI=1S/C23H32N4O3S/c1-17(2)16-24-23(28)25-20-8-10-21(11-9-20)31(29,30)27-14-12-26(13-15-27)22-7-5-6-18(3)19(22)4/h5-11,17H,12-16H2,1-4H3,(H2,24,25,28). The van der Waals surface area contributed by atoms with Gasteiger partial charge in [-0.15, -0.1) is 0 Å². The molecule has 1 heterocycles. The lowest BCUT2D eigenvalue weighted by atomic mass is 10.1. The Kier molecular flexibility index (Phi) is 7.23. The fraction of sp³-hybridized carbons (Fsp3) is 0.435. The van der Waals surface area contributed by atoms with Crippen molar-refractivity contribution in [1.29, 1.82) is 0 Å². The highest BCUT2D eigenvalue weighted by Crippen LogP contribution is 2.26. The van der Waals surface area contributed by atoms with Crippen molar-refractivity contribution in [2.75, 3.05) is 42.9 Å². The van der Waals surface area contributed by atoms with E-state index in [-0.39, 0.29) is 10.9 Å². The van der Waals surface area contributed by atoms with Gasteiger partial charge in [0.15, 0.2) is 0 Å². The smallest absolute Gasteiger partial charge is 0.319 e. The molecule has 1 aliphatic rings. The Hall–Kier alpha value is -2.58. The third kappa shape index (κ3) is 5.57. The van der Waals surface area contributed by atoms with Crippen molar-refractivity contribution in [3.05, 3.63) is 53.6 Å². The molecular formula is C23H32N4O3S. The van der Waals surface area contributed by atoms with Gasteiger partial charge in [0.2, 0.25) is 10.0 Å². The number of carbonyl (C=O) groups excluding carboxylic acids is 1. The van der Waals surface area contributed by atoms with Crippen molar-refractivity contribution in [3.8, 4) is 0 Å². The molecule has 8 heteroatoms. The summed E-state index contributed by atoms with van der Waals surface area (Å²) >= 11 is 0. The summed E-state index contributed by atoms with van der Waals surface area (Å²) in [6, 6.07) is 12.3. The second-order valence-corrected chi connectivity index (χ2v) is 10.3. The van der Waals surface area contributed by atoms with Crippen LogP contribution in [0.4, 0.5) is 16.2 Å². The van der Waals surface area contributed by atoms with Crippen LogP contribution in [-0.4, -0.2) is 51.5 Å². The van der Waals surface area contributed by atoms with Crippen LogP contribution in [0.25, 0.3) is 0 Å². The average molecular weight is 445 g/mol. The van der Waals surface area contributed by atoms with Gasteiger partial charge in [-0.25, -0.2) is 13.2 Å². The number of nitrogens with one attached hydrogen (secondary N) is 2. The van der Waals surface area contributed by atoms with Gasteiger partial charge in [-0.05, 0) is 61.2 Å². The van der Waals surface area contributed by atoms with Crippen molar-refractivity contribution in [2.24, 2.45) is 5.92 Å². The van der Waals surface area contributed by atoms with Crippen LogP contribution in [0.5, 0.6) is 0 Å². The zero-order valence-corrected chi connectivity index (χ0v) is 19.5. The Morgan fingerprint density at radius 1 is 1.00 bits per heavy atom. The average Bonchev–Trinajstić information content (AvgIpc) is 2.75. The van der Waals surface area contributed by atoms with E-state index in [1.807, 2.05) is 19.9 Å². The second-order valence-electron chi connectivity index (χ2n) is 8.36. The lowest BCUT2D eigenvalue weighted by Crippen LogP contribution is -2.48. The van der Waals surface area contributed by atoms with Gasteiger partial charge in [0.1, 0.15) is 0 Å². The van der Waals surface area contributed by atoms with Crippen LogP contribution >= 0.6 is 0 Å². The molecule has 2 amide bonds. The van der Waals surface area contributed by atoms with Gasteiger partial charge in [-0.2, -0.15) is 4.31 Å². The molecule has 2 aromatic carbocycles. The van der Waals surface area contributed by atoms with Gasteiger partial charge in [-0.1, -0.05) is 26.0 Å². The predicted octanol–water partition coefficient (Wildman–Crippen LogP) is 3.59. The van der Waals surface area contributed by atoms with Crippen LogP contribution in [0.1, 0.15) is 25.0 Å². The number of carbonyl (C=O) groups is 1. The molecule has 0 spiro atoms. The van der Waals surface area contributed by atoms with Crippen molar-refractivity contribution in [2.45, 2.75) is 32.6 Å².